The molecule has 0 aromatic carbocycles. The number of nitrogens with zero attached hydrogens (tertiary/aromatic N) is 1. The molecule has 1 aromatic heterocycles. The number of amides is 2. The number of carbonyl (C=O) groups is 4. The zero-order valence-corrected chi connectivity index (χ0v) is 16.2. The molecule has 10 heteroatoms. The van der Waals surface area contributed by atoms with Crippen LogP contribution in [-0.4, -0.2) is 57.3 Å². The number of fused-ring (bicyclic) bond motifs is 1. The number of carboxylic acids is 1. The van der Waals surface area contributed by atoms with E-state index in [0.29, 0.717) is 0 Å². The van der Waals surface area contributed by atoms with E-state index in [0.717, 1.165) is 21.5 Å². The highest BCUT2D eigenvalue weighted by Crippen LogP contribution is 2.40. The maximum absolute atomic E-state index is 12.5. The summed E-state index contributed by atoms with van der Waals surface area (Å²) in [5.41, 5.74) is -0.0887. The van der Waals surface area contributed by atoms with E-state index in [1.165, 1.54) is 16.7 Å². The number of ether oxygens (including phenoxy) is 1. The lowest BCUT2D eigenvalue weighted by Crippen LogP contribution is -2.74. The summed E-state index contributed by atoms with van der Waals surface area (Å²) in [6.45, 7) is 3.31. The molecule has 2 N–H and O–H groups in total. The standard InChI is InChI=1S/C17H18N2O6S2/c1-8(2)25-17(24)10-7-27-15-12(14(21)19(15)13(10)16(22)23)18-11(20)6-9-4-3-5-26-9/h3-5,7-8,12-13,15H,6H2,1-2H3,(H,18,20)(H,22,23)/t12?,13?,15-/m0/s1. The number of hydrogen-bond acceptors (Lipinski definition) is 7. The van der Waals surface area contributed by atoms with Gasteiger partial charge in [-0.05, 0) is 30.7 Å². The van der Waals surface area contributed by atoms with Gasteiger partial charge in [0.05, 0.1) is 18.1 Å². The third kappa shape index (κ3) is 3.86. The number of thioether (sulfide) groups is 1. The Morgan fingerprint density at radius 1 is 1.37 bits per heavy atom. The molecule has 1 aromatic rings. The molecule has 1 fully saturated rings. The number of nitrogens with one attached hydrogen (secondary N) is 1. The molecule has 144 valence electrons. The van der Waals surface area contributed by atoms with Gasteiger partial charge in [0, 0.05) is 4.88 Å². The van der Waals surface area contributed by atoms with Crippen LogP contribution in [0, 0.1) is 0 Å². The van der Waals surface area contributed by atoms with E-state index in [-0.39, 0.29) is 17.9 Å². The number of aliphatic carboxylic acids is 1. The molecule has 0 saturated carbocycles. The van der Waals surface area contributed by atoms with Crippen LogP contribution in [0.3, 0.4) is 0 Å². The fourth-order valence-corrected chi connectivity index (χ4v) is 4.80. The molecule has 2 aliphatic heterocycles. The van der Waals surface area contributed by atoms with Crippen molar-refractivity contribution in [2.24, 2.45) is 0 Å². The molecule has 2 amide bonds. The Bertz CT molecular complexity index is 804. The van der Waals surface area contributed by atoms with Crippen LogP contribution < -0.4 is 5.32 Å². The van der Waals surface area contributed by atoms with Gasteiger partial charge in [0.15, 0.2) is 6.04 Å². The first-order valence-corrected chi connectivity index (χ1v) is 10.0. The minimum Gasteiger partial charge on any atom is -0.479 e. The molecule has 0 bridgehead atoms. The maximum atomic E-state index is 12.5. The summed E-state index contributed by atoms with van der Waals surface area (Å²) in [5.74, 6) is -2.91. The first-order valence-electron chi connectivity index (χ1n) is 8.23. The second-order valence-electron chi connectivity index (χ2n) is 6.34. The lowest BCUT2D eigenvalue weighted by atomic mass is 9.98. The number of rotatable bonds is 6. The smallest absolute Gasteiger partial charge is 0.337 e. The van der Waals surface area contributed by atoms with Gasteiger partial charge in [0.1, 0.15) is 11.4 Å². The number of thiophene rings is 1. The number of hydrogen-bond donors (Lipinski definition) is 2. The van der Waals surface area contributed by atoms with Crippen molar-refractivity contribution in [1.29, 1.82) is 0 Å². The second kappa shape index (κ2) is 7.73. The van der Waals surface area contributed by atoms with Crippen molar-refractivity contribution in [3.8, 4) is 0 Å². The zero-order valence-electron chi connectivity index (χ0n) is 14.6. The van der Waals surface area contributed by atoms with Crippen molar-refractivity contribution >= 4 is 46.9 Å². The normalized spacial score (nSPS) is 24.0. The monoisotopic (exact) mass is 410 g/mol. The van der Waals surface area contributed by atoms with E-state index in [1.54, 1.807) is 13.8 Å². The maximum Gasteiger partial charge on any atom is 0.337 e. The van der Waals surface area contributed by atoms with Crippen LogP contribution in [0.15, 0.2) is 28.5 Å². The first-order chi connectivity index (χ1) is 12.8. The molecule has 3 atom stereocenters. The Morgan fingerprint density at radius 3 is 2.70 bits per heavy atom. The molecule has 0 aliphatic carbocycles. The highest BCUT2D eigenvalue weighted by atomic mass is 32.2. The Morgan fingerprint density at radius 2 is 2.11 bits per heavy atom. The summed E-state index contributed by atoms with van der Waals surface area (Å²) in [4.78, 5) is 50.5. The Labute approximate surface area is 163 Å². The van der Waals surface area contributed by atoms with Gasteiger partial charge >= 0.3 is 11.9 Å². The minimum absolute atomic E-state index is 0.0887. The molecule has 27 heavy (non-hydrogen) atoms. The van der Waals surface area contributed by atoms with Crippen molar-refractivity contribution < 1.29 is 29.0 Å². The fourth-order valence-electron chi connectivity index (χ4n) is 2.88. The van der Waals surface area contributed by atoms with E-state index < -0.39 is 41.4 Å². The quantitative estimate of drug-likeness (QED) is 0.531. The van der Waals surface area contributed by atoms with Crippen LogP contribution in [0.4, 0.5) is 0 Å². The highest BCUT2D eigenvalue weighted by Gasteiger charge is 2.57. The highest BCUT2D eigenvalue weighted by molar-refractivity contribution is 8.03. The molecular weight excluding hydrogens is 392 g/mol. The average Bonchev–Trinajstić information content (AvgIpc) is 3.10. The van der Waals surface area contributed by atoms with Crippen molar-refractivity contribution in [3.05, 3.63) is 33.4 Å². The van der Waals surface area contributed by atoms with E-state index in [2.05, 4.69) is 5.32 Å². The topological polar surface area (TPSA) is 113 Å². The molecule has 8 nitrogen and oxygen atoms in total. The molecule has 3 rings (SSSR count). The van der Waals surface area contributed by atoms with Crippen molar-refractivity contribution in [1.82, 2.24) is 10.2 Å². The van der Waals surface area contributed by atoms with Gasteiger partial charge in [0.2, 0.25) is 11.8 Å². The van der Waals surface area contributed by atoms with Gasteiger partial charge in [0.25, 0.3) is 0 Å². The molecule has 2 aliphatic rings. The van der Waals surface area contributed by atoms with Crippen LogP contribution in [0.2, 0.25) is 0 Å². The first kappa shape index (κ1) is 19.4. The Balaban J connectivity index is 1.72. The van der Waals surface area contributed by atoms with E-state index in [4.69, 9.17) is 4.74 Å². The van der Waals surface area contributed by atoms with Crippen LogP contribution in [-0.2, 0) is 30.3 Å². The van der Waals surface area contributed by atoms with Crippen LogP contribution in [0.25, 0.3) is 0 Å². The van der Waals surface area contributed by atoms with Crippen molar-refractivity contribution in [2.45, 2.75) is 43.8 Å². The summed E-state index contributed by atoms with van der Waals surface area (Å²) >= 11 is 2.57. The van der Waals surface area contributed by atoms with Crippen molar-refractivity contribution in [2.75, 3.05) is 0 Å². The lowest BCUT2D eigenvalue weighted by Gasteiger charge is -2.50. The second-order valence-corrected chi connectivity index (χ2v) is 8.36. The van der Waals surface area contributed by atoms with Gasteiger partial charge in [-0.1, -0.05) is 6.07 Å². The largest absolute Gasteiger partial charge is 0.479 e. The van der Waals surface area contributed by atoms with Gasteiger partial charge < -0.3 is 20.1 Å². The van der Waals surface area contributed by atoms with E-state index in [1.807, 2.05) is 17.5 Å². The molecule has 0 spiro atoms. The number of carbonyl (C=O) groups excluding carboxylic acids is 3. The summed E-state index contributed by atoms with van der Waals surface area (Å²) in [5, 5.41) is 14.9. The predicted octanol–water partition coefficient (Wildman–Crippen LogP) is 0.979. The Hall–Kier alpha value is -2.33. The van der Waals surface area contributed by atoms with E-state index >= 15 is 0 Å². The van der Waals surface area contributed by atoms with Crippen LogP contribution in [0.5, 0.6) is 0 Å². The SMILES string of the molecule is CC(C)OC(=O)C1=CS[C@H]2C(NC(=O)Cc3cccs3)C(=O)N2C1C(=O)O. The molecule has 0 radical (unpaired) electrons. The number of esters is 1. The minimum atomic E-state index is -1.42. The van der Waals surface area contributed by atoms with Crippen molar-refractivity contribution in [3.63, 3.8) is 0 Å². The molecule has 1 saturated heterocycles. The lowest BCUT2D eigenvalue weighted by molar-refractivity contribution is -0.162. The summed E-state index contributed by atoms with van der Waals surface area (Å²) in [6.07, 6.45) is -0.254. The molecule has 3 heterocycles. The third-order valence-corrected chi connectivity index (χ3v) is 6.08. The fraction of sp³-hybridized carbons (Fsp3) is 0.412. The summed E-state index contributed by atoms with van der Waals surface area (Å²) < 4.78 is 5.07. The molecular formula is C17H18N2O6S2. The van der Waals surface area contributed by atoms with Gasteiger partial charge in [-0.25, -0.2) is 9.59 Å². The van der Waals surface area contributed by atoms with Gasteiger partial charge in [-0.15, -0.1) is 23.1 Å². The van der Waals surface area contributed by atoms with Gasteiger partial charge in [-0.3, -0.25) is 9.59 Å². The van der Waals surface area contributed by atoms with E-state index in [9.17, 15) is 24.3 Å². The van der Waals surface area contributed by atoms with Crippen LogP contribution >= 0.6 is 23.1 Å². The molecule has 2 unspecified atom stereocenters. The summed E-state index contributed by atoms with van der Waals surface area (Å²) in [7, 11) is 0. The zero-order chi connectivity index (χ0) is 19.7. The average molecular weight is 410 g/mol. The third-order valence-electron chi connectivity index (χ3n) is 4.03. The predicted molar refractivity (Wildman–Crippen MR) is 98.9 cm³/mol. The van der Waals surface area contributed by atoms with Gasteiger partial charge in [-0.2, -0.15) is 0 Å². The number of carboxylic acid groups (broad SMARTS) is 1. The summed E-state index contributed by atoms with van der Waals surface area (Å²) in [6, 6.07) is 1.42. The Kier molecular flexibility index (Phi) is 5.56. The number of β-lactam (4-membered cyclic amide) rings is 1. The van der Waals surface area contributed by atoms with Crippen LogP contribution in [0.1, 0.15) is 18.7 Å².